The first-order valence-corrected chi connectivity index (χ1v) is 9.69. The number of fused-ring (bicyclic) bond motifs is 1. The number of rotatable bonds is 6. The van der Waals surface area contributed by atoms with Gasteiger partial charge in [0.05, 0.1) is 18.8 Å². The van der Waals surface area contributed by atoms with Gasteiger partial charge < -0.3 is 14.6 Å². The number of benzene rings is 1. The Morgan fingerprint density at radius 2 is 2.00 bits per heavy atom. The largest absolute Gasteiger partial charge is 0.496 e. The number of amides is 1. The van der Waals surface area contributed by atoms with Crippen molar-refractivity contribution in [1.29, 1.82) is 0 Å². The number of hydrogen-bond donors (Lipinski definition) is 1. The number of para-hydroxylation sites is 1. The van der Waals surface area contributed by atoms with Gasteiger partial charge in [-0.1, -0.05) is 18.2 Å². The van der Waals surface area contributed by atoms with Gasteiger partial charge in [-0.15, -0.1) is 0 Å². The SMILES string of the molecule is COc1ccccc1C(C)N(C)C(=O)CCc1c(C)c2c(C)nn(C)c2[nH]c1=O. The van der Waals surface area contributed by atoms with Crippen LogP contribution in [-0.2, 0) is 18.3 Å². The molecular weight excluding hydrogens is 368 g/mol. The minimum Gasteiger partial charge on any atom is -0.496 e. The zero-order chi connectivity index (χ0) is 21.3. The highest BCUT2D eigenvalue weighted by atomic mass is 16.5. The van der Waals surface area contributed by atoms with E-state index in [4.69, 9.17) is 4.74 Å². The fourth-order valence-electron chi connectivity index (χ4n) is 3.90. The maximum atomic E-state index is 12.8. The molecular formula is C22H28N4O3. The van der Waals surface area contributed by atoms with Crippen LogP contribution in [0.5, 0.6) is 5.75 Å². The summed E-state index contributed by atoms with van der Waals surface area (Å²) in [5.74, 6) is 0.731. The van der Waals surface area contributed by atoms with Crippen molar-refractivity contribution >= 4 is 16.9 Å². The lowest BCUT2D eigenvalue weighted by atomic mass is 10.0. The molecule has 7 heteroatoms. The van der Waals surface area contributed by atoms with E-state index in [1.807, 2.05) is 52.1 Å². The zero-order valence-electron chi connectivity index (χ0n) is 17.9. The molecule has 1 N–H and O–H groups in total. The van der Waals surface area contributed by atoms with Gasteiger partial charge in [0.2, 0.25) is 5.91 Å². The third-order valence-corrected chi connectivity index (χ3v) is 5.71. The maximum absolute atomic E-state index is 12.8. The van der Waals surface area contributed by atoms with Gasteiger partial charge in [0.1, 0.15) is 11.4 Å². The highest BCUT2D eigenvalue weighted by Gasteiger charge is 2.21. The van der Waals surface area contributed by atoms with Crippen molar-refractivity contribution in [3.63, 3.8) is 0 Å². The van der Waals surface area contributed by atoms with Crippen molar-refractivity contribution in [2.75, 3.05) is 14.2 Å². The molecule has 2 aromatic heterocycles. The smallest absolute Gasteiger partial charge is 0.253 e. The van der Waals surface area contributed by atoms with Crippen LogP contribution < -0.4 is 10.3 Å². The summed E-state index contributed by atoms with van der Waals surface area (Å²) in [6.07, 6.45) is 0.637. The summed E-state index contributed by atoms with van der Waals surface area (Å²) in [6, 6.07) is 7.55. The van der Waals surface area contributed by atoms with Crippen LogP contribution in [0.1, 0.15) is 41.8 Å². The Hall–Kier alpha value is -3.09. The molecule has 0 aliphatic rings. The van der Waals surface area contributed by atoms with Crippen molar-refractivity contribution < 1.29 is 9.53 Å². The van der Waals surface area contributed by atoms with Crippen molar-refractivity contribution in [2.24, 2.45) is 7.05 Å². The predicted molar refractivity (Wildman–Crippen MR) is 113 cm³/mol. The lowest BCUT2D eigenvalue weighted by Gasteiger charge is -2.26. The predicted octanol–water partition coefficient (Wildman–Crippen LogP) is 3.04. The van der Waals surface area contributed by atoms with Crippen LogP contribution >= 0.6 is 0 Å². The molecule has 0 bridgehead atoms. The number of pyridine rings is 1. The van der Waals surface area contributed by atoms with Gasteiger partial charge in [-0.25, -0.2) is 0 Å². The fourth-order valence-corrected chi connectivity index (χ4v) is 3.90. The summed E-state index contributed by atoms with van der Waals surface area (Å²) in [5, 5.41) is 5.34. The van der Waals surface area contributed by atoms with Crippen LogP contribution in [0.15, 0.2) is 29.1 Å². The second-order valence-corrected chi connectivity index (χ2v) is 7.41. The quantitative estimate of drug-likeness (QED) is 0.694. The highest BCUT2D eigenvalue weighted by Crippen LogP contribution is 2.28. The Kier molecular flexibility index (Phi) is 5.77. The number of nitrogens with one attached hydrogen (secondary N) is 1. The molecule has 0 radical (unpaired) electrons. The van der Waals surface area contributed by atoms with Crippen LogP contribution in [0.3, 0.4) is 0 Å². The zero-order valence-corrected chi connectivity index (χ0v) is 17.9. The van der Waals surface area contributed by atoms with Crippen LogP contribution in [0.2, 0.25) is 0 Å². The van der Waals surface area contributed by atoms with E-state index in [0.29, 0.717) is 17.6 Å². The van der Waals surface area contributed by atoms with Crippen molar-refractivity contribution in [3.8, 4) is 5.75 Å². The molecule has 29 heavy (non-hydrogen) atoms. The average molecular weight is 396 g/mol. The van der Waals surface area contributed by atoms with Crippen LogP contribution in [0.4, 0.5) is 0 Å². The number of nitrogens with zero attached hydrogens (tertiary/aromatic N) is 3. The molecule has 1 unspecified atom stereocenters. The Balaban J connectivity index is 1.80. The van der Waals surface area contributed by atoms with Crippen LogP contribution in [-0.4, -0.2) is 39.7 Å². The second-order valence-electron chi connectivity index (χ2n) is 7.41. The number of aromatic amines is 1. The van der Waals surface area contributed by atoms with E-state index in [9.17, 15) is 9.59 Å². The number of aryl methyl sites for hydroxylation is 3. The van der Waals surface area contributed by atoms with Crippen molar-refractivity contribution in [2.45, 2.75) is 39.7 Å². The standard InChI is InChI=1S/C22H28N4O3/c1-13-16(22(28)23-21-20(13)14(2)24-26(21)5)11-12-19(27)25(4)15(3)17-9-7-8-10-18(17)29-6/h7-10,15H,11-12H2,1-6H3,(H,23,28). The number of hydrogen-bond acceptors (Lipinski definition) is 4. The average Bonchev–Trinajstić information content (AvgIpc) is 2.99. The van der Waals surface area contributed by atoms with Crippen molar-refractivity contribution in [3.05, 3.63) is 57.0 Å². The first-order chi connectivity index (χ1) is 13.8. The first-order valence-electron chi connectivity index (χ1n) is 9.69. The summed E-state index contributed by atoms with van der Waals surface area (Å²) >= 11 is 0. The number of carbonyl (C=O) groups excluding carboxylic acids is 1. The molecule has 2 heterocycles. The Morgan fingerprint density at radius 3 is 2.69 bits per heavy atom. The third kappa shape index (κ3) is 3.77. The molecule has 7 nitrogen and oxygen atoms in total. The van der Waals surface area contributed by atoms with Gasteiger partial charge in [-0.2, -0.15) is 5.10 Å². The summed E-state index contributed by atoms with van der Waals surface area (Å²) in [4.78, 5) is 30.1. The Bertz CT molecular complexity index is 1110. The summed E-state index contributed by atoms with van der Waals surface area (Å²) in [6.45, 7) is 5.82. The molecule has 0 fully saturated rings. The summed E-state index contributed by atoms with van der Waals surface area (Å²) < 4.78 is 7.10. The Morgan fingerprint density at radius 1 is 1.31 bits per heavy atom. The first kappa shape index (κ1) is 20.6. The van der Waals surface area contributed by atoms with E-state index in [1.54, 1.807) is 23.7 Å². The van der Waals surface area contributed by atoms with E-state index < -0.39 is 0 Å². The molecule has 0 saturated heterocycles. The monoisotopic (exact) mass is 396 g/mol. The topological polar surface area (TPSA) is 80.2 Å². The molecule has 0 saturated carbocycles. The van der Waals surface area contributed by atoms with E-state index in [2.05, 4.69) is 10.1 Å². The lowest BCUT2D eigenvalue weighted by molar-refractivity contribution is -0.131. The molecule has 3 rings (SSSR count). The van der Waals surface area contributed by atoms with Gasteiger partial charge in [0.15, 0.2) is 0 Å². The molecule has 1 aromatic carbocycles. The molecule has 154 valence electrons. The van der Waals surface area contributed by atoms with E-state index >= 15 is 0 Å². The minimum atomic E-state index is -0.161. The normalized spacial score (nSPS) is 12.2. The third-order valence-electron chi connectivity index (χ3n) is 5.71. The second kappa shape index (κ2) is 8.11. The fraction of sp³-hybridized carbons (Fsp3) is 0.409. The number of carbonyl (C=O) groups is 1. The van der Waals surface area contributed by atoms with Gasteiger partial charge in [0, 0.05) is 37.0 Å². The molecule has 0 aliphatic carbocycles. The summed E-state index contributed by atoms with van der Waals surface area (Å²) in [5.41, 5.74) is 3.90. The Labute approximate surface area is 170 Å². The lowest BCUT2D eigenvalue weighted by Crippen LogP contribution is -2.30. The number of methoxy groups -OCH3 is 1. The molecule has 3 aromatic rings. The van der Waals surface area contributed by atoms with Crippen LogP contribution in [0.25, 0.3) is 11.0 Å². The number of aromatic nitrogens is 3. The number of H-pyrrole nitrogens is 1. The maximum Gasteiger partial charge on any atom is 0.253 e. The highest BCUT2D eigenvalue weighted by molar-refractivity contribution is 5.83. The number of ether oxygens (including phenoxy) is 1. The molecule has 0 aliphatic heterocycles. The van der Waals surface area contributed by atoms with E-state index in [-0.39, 0.29) is 23.9 Å². The van der Waals surface area contributed by atoms with E-state index in [1.165, 1.54) is 0 Å². The summed E-state index contributed by atoms with van der Waals surface area (Å²) in [7, 11) is 5.21. The minimum absolute atomic E-state index is 0.0230. The van der Waals surface area contributed by atoms with Gasteiger partial charge in [-0.3, -0.25) is 14.3 Å². The van der Waals surface area contributed by atoms with Crippen LogP contribution in [0, 0.1) is 13.8 Å². The van der Waals surface area contributed by atoms with Gasteiger partial charge in [-0.05, 0) is 38.8 Å². The van der Waals surface area contributed by atoms with E-state index in [0.717, 1.165) is 28.0 Å². The molecule has 1 amide bonds. The molecule has 1 atom stereocenters. The van der Waals surface area contributed by atoms with Gasteiger partial charge in [0.25, 0.3) is 5.56 Å². The molecule has 0 spiro atoms. The van der Waals surface area contributed by atoms with Gasteiger partial charge >= 0.3 is 0 Å². The van der Waals surface area contributed by atoms with Crippen molar-refractivity contribution in [1.82, 2.24) is 19.7 Å².